The van der Waals surface area contributed by atoms with Gasteiger partial charge in [-0.05, 0) is 19.4 Å². The van der Waals surface area contributed by atoms with Crippen LogP contribution in [-0.4, -0.2) is 31.4 Å². The van der Waals surface area contributed by atoms with Crippen molar-refractivity contribution >= 4 is 17.7 Å². The second-order valence-electron chi connectivity index (χ2n) is 5.17. The van der Waals surface area contributed by atoms with Crippen molar-refractivity contribution in [3.63, 3.8) is 0 Å². The second-order valence-corrected chi connectivity index (χ2v) is 5.17. The molecule has 1 aromatic carbocycles. The van der Waals surface area contributed by atoms with E-state index in [0.717, 1.165) is 11.1 Å². The number of aryl methyl sites for hydroxylation is 1. The first kappa shape index (κ1) is 17.9. The summed E-state index contributed by atoms with van der Waals surface area (Å²) in [5.74, 6) is -3.65. The van der Waals surface area contributed by atoms with Gasteiger partial charge in [0, 0.05) is 6.42 Å². The molecule has 0 saturated carbocycles. The minimum Gasteiger partial charge on any atom is -0.469 e. The smallest absolute Gasteiger partial charge is 0.317 e. The molecule has 0 amide bonds. The molecule has 22 heavy (non-hydrogen) atoms. The number of methoxy groups -OCH3 is 1. The van der Waals surface area contributed by atoms with E-state index in [1.165, 1.54) is 14.0 Å². The van der Waals surface area contributed by atoms with E-state index in [1.54, 1.807) is 6.92 Å². The highest BCUT2D eigenvalue weighted by Crippen LogP contribution is 2.19. The molecule has 2 atom stereocenters. The molecular weight excluding hydrogens is 284 g/mol. The molecular formula is C17H22O5. The molecule has 0 aliphatic carbocycles. The third-order valence-corrected chi connectivity index (χ3v) is 3.46. The van der Waals surface area contributed by atoms with Crippen LogP contribution in [0.3, 0.4) is 0 Å². The van der Waals surface area contributed by atoms with Gasteiger partial charge in [-0.15, -0.1) is 0 Å². The van der Waals surface area contributed by atoms with Crippen LogP contribution in [-0.2, 0) is 30.3 Å². The van der Waals surface area contributed by atoms with E-state index in [1.807, 2.05) is 31.2 Å². The highest BCUT2D eigenvalue weighted by molar-refractivity contribution is 6.03. The second kappa shape index (κ2) is 8.32. The summed E-state index contributed by atoms with van der Waals surface area (Å²) in [6, 6.07) is 7.45. The van der Waals surface area contributed by atoms with Crippen LogP contribution < -0.4 is 0 Å². The zero-order valence-corrected chi connectivity index (χ0v) is 13.4. The fourth-order valence-electron chi connectivity index (χ4n) is 2.19. The molecule has 0 radical (unpaired) electrons. The van der Waals surface area contributed by atoms with Crippen molar-refractivity contribution in [1.29, 1.82) is 0 Å². The zero-order valence-electron chi connectivity index (χ0n) is 13.4. The lowest BCUT2D eigenvalue weighted by molar-refractivity contribution is -0.161. The van der Waals surface area contributed by atoms with Crippen LogP contribution in [0.4, 0.5) is 0 Å². The maximum absolute atomic E-state index is 12.5. The number of ether oxygens (including phenoxy) is 2. The molecule has 0 spiro atoms. The van der Waals surface area contributed by atoms with Crippen molar-refractivity contribution in [3.8, 4) is 0 Å². The van der Waals surface area contributed by atoms with Gasteiger partial charge >= 0.3 is 11.9 Å². The maximum Gasteiger partial charge on any atom is 0.317 e. The summed E-state index contributed by atoms with van der Waals surface area (Å²) in [6.45, 7) is 5.26. The van der Waals surface area contributed by atoms with Gasteiger partial charge in [0.15, 0.2) is 5.78 Å². The number of esters is 2. The average molecular weight is 306 g/mol. The van der Waals surface area contributed by atoms with Gasteiger partial charge in [-0.2, -0.15) is 0 Å². The van der Waals surface area contributed by atoms with E-state index >= 15 is 0 Å². The Hall–Kier alpha value is -2.17. The average Bonchev–Trinajstić information content (AvgIpc) is 2.49. The minimum absolute atomic E-state index is 0.0745. The molecule has 1 aromatic rings. The van der Waals surface area contributed by atoms with Gasteiger partial charge in [0.1, 0.15) is 5.92 Å². The molecule has 0 N–H and O–H groups in total. The topological polar surface area (TPSA) is 69.7 Å². The molecule has 0 aliphatic rings. The van der Waals surface area contributed by atoms with Crippen molar-refractivity contribution in [2.75, 3.05) is 13.7 Å². The van der Waals surface area contributed by atoms with Crippen molar-refractivity contribution in [1.82, 2.24) is 0 Å². The maximum atomic E-state index is 12.5. The highest BCUT2D eigenvalue weighted by Gasteiger charge is 2.37. The fourth-order valence-corrected chi connectivity index (χ4v) is 2.19. The van der Waals surface area contributed by atoms with Crippen LogP contribution in [0.25, 0.3) is 0 Å². The van der Waals surface area contributed by atoms with Crippen LogP contribution in [0.15, 0.2) is 24.3 Å². The molecule has 0 fully saturated rings. The number of carbonyl (C=O) groups is 3. The van der Waals surface area contributed by atoms with E-state index in [4.69, 9.17) is 4.74 Å². The van der Waals surface area contributed by atoms with Crippen molar-refractivity contribution in [2.24, 2.45) is 11.8 Å². The van der Waals surface area contributed by atoms with Gasteiger partial charge in [-0.1, -0.05) is 36.8 Å². The molecule has 120 valence electrons. The fraction of sp³-hybridized carbons (Fsp3) is 0.471. The van der Waals surface area contributed by atoms with Crippen LogP contribution in [0.1, 0.15) is 25.0 Å². The Morgan fingerprint density at radius 3 is 2.18 bits per heavy atom. The van der Waals surface area contributed by atoms with Gasteiger partial charge in [0.05, 0.1) is 19.6 Å². The Bertz CT molecular complexity index is 532. The lowest BCUT2D eigenvalue weighted by Gasteiger charge is -2.19. The number of rotatable bonds is 7. The normalized spacial score (nSPS) is 13.1. The number of hydrogen-bond donors (Lipinski definition) is 0. The Morgan fingerprint density at radius 1 is 1.09 bits per heavy atom. The Morgan fingerprint density at radius 2 is 1.68 bits per heavy atom. The van der Waals surface area contributed by atoms with Gasteiger partial charge in [0.2, 0.25) is 0 Å². The number of Topliss-reactive ketones (excluding diaryl/α,β-unsaturated/α-hetero) is 1. The first-order chi connectivity index (χ1) is 10.4. The quantitative estimate of drug-likeness (QED) is 0.570. The van der Waals surface area contributed by atoms with E-state index < -0.39 is 23.8 Å². The number of hydrogen-bond acceptors (Lipinski definition) is 5. The van der Waals surface area contributed by atoms with E-state index in [0.29, 0.717) is 0 Å². The summed E-state index contributed by atoms with van der Waals surface area (Å²) < 4.78 is 9.57. The lowest BCUT2D eigenvalue weighted by atomic mass is 9.87. The summed E-state index contributed by atoms with van der Waals surface area (Å²) in [6.07, 6.45) is 0.0745. The summed E-state index contributed by atoms with van der Waals surface area (Å²) in [5, 5.41) is 0. The van der Waals surface area contributed by atoms with Crippen molar-refractivity contribution < 1.29 is 23.9 Å². The molecule has 0 aromatic heterocycles. The standard InChI is InChI=1S/C17H22O5/c1-5-22-17(20)15(12(3)16(19)21-4)14(18)10-13-8-6-11(2)7-9-13/h6-9,12,15H,5,10H2,1-4H3. The molecule has 0 bridgehead atoms. The third-order valence-electron chi connectivity index (χ3n) is 3.46. The molecule has 0 saturated heterocycles. The molecule has 0 heterocycles. The largest absolute Gasteiger partial charge is 0.469 e. The zero-order chi connectivity index (χ0) is 16.7. The summed E-state index contributed by atoms with van der Waals surface area (Å²) >= 11 is 0. The van der Waals surface area contributed by atoms with Crippen molar-refractivity contribution in [3.05, 3.63) is 35.4 Å². The van der Waals surface area contributed by atoms with Crippen LogP contribution in [0, 0.1) is 18.8 Å². The third kappa shape index (κ3) is 4.69. The molecule has 1 rings (SSSR count). The van der Waals surface area contributed by atoms with E-state index in [9.17, 15) is 14.4 Å². The number of ketones is 1. The van der Waals surface area contributed by atoms with Crippen LogP contribution >= 0.6 is 0 Å². The van der Waals surface area contributed by atoms with E-state index in [-0.39, 0.29) is 18.8 Å². The minimum atomic E-state index is -1.14. The predicted molar refractivity (Wildman–Crippen MR) is 81.2 cm³/mol. The SMILES string of the molecule is CCOC(=O)C(C(=O)Cc1ccc(C)cc1)C(C)C(=O)OC. The predicted octanol–water partition coefficient (Wildman–Crippen LogP) is 2.10. The lowest BCUT2D eigenvalue weighted by Crippen LogP contribution is -2.37. The van der Waals surface area contributed by atoms with Gasteiger partial charge in [-0.25, -0.2) is 0 Å². The molecule has 0 aliphatic heterocycles. The van der Waals surface area contributed by atoms with E-state index in [2.05, 4.69) is 4.74 Å². The van der Waals surface area contributed by atoms with Gasteiger partial charge in [-0.3, -0.25) is 14.4 Å². The van der Waals surface area contributed by atoms with Gasteiger partial charge < -0.3 is 9.47 Å². The summed E-state index contributed by atoms with van der Waals surface area (Å²) in [4.78, 5) is 36.2. The monoisotopic (exact) mass is 306 g/mol. The van der Waals surface area contributed by atoms with Crippen molar-refractivity contribution in [2.45, 2.75) is 27.2 Å². The first-order valence-electron chi connectivity index (χ1n) is 7.23. The highest BCUT2D eigenvalue weighted by atomic mass is 16.5. The number of carbonyl (C=O) groups excluding carboxylic acids is 3. The van der Waals surface area contributed by atoms with Crippen LogP contribution in [0.2, 0.25) is 0 Å². The Balaban J connectivity index is 2.94. The number of benzene rings is 1. The Labute approximate surface area is 130 Å². The van der Waals surface area contributed by atoms with Crippen LogP contribution in [0.5, 0.6) is 0 Å². The summed E-state index contributed by atoms with van der Waals surface area (Å²) in [5.41, 5.74) is 1.88. The summed E-state index contributed by atoms with van der Waals surface area (Å²) in [7, 11) is 1.23. The molecule has 5 nitrogen and oxygen atoms in total. The first-order valence-corrected chi connectivity index (χ1v) is 7.23. The molecule has 5 heteroatoms. The Kier molecular flexibility index (Phi) is 6.76. The van der Waals surface area contributed by atoms with Gasteiger partial charge in [0.25, 0.3) is 0 Å². The molecule has 2 unspecified atom stereocenters.